The molecular weight excluding hydrogens is 442 g/mol. The van der Waals surface area contributed by atoms with E-state index >= 15 is 0 Å². The molecule has 3 aromatic carbocycles. The van der Waals surface area contributed by atoms with Crippen LogP contribution in [-0.2, 0) is 11.3 Å². The monoisotopic (exact) mass is 463 g/mol. The van der Waals surface area contributed by atoms with E-state index in [1.165, 1.54) is 11.8 Å². The van der Waals surface area contributed by atoms with Crippen molar-refractivity contribution in [3.63, 3.8) is 0 Å². The minimum Gasteiger partial charge on any atom is -0.325 e. The number of benzene rings is 3. The van der Waals surface area contributed by atoms with Crippen LogP contribution in [0.2, 0.25) is 5.02 Å². The molecule has 4 aromatic rings. The number of amides is 1. The summed E-state index contributed by atoms with van der Waals surface area (Å²) in [6, 6.07) is 20.5. The molecule has 0 aliphatic carbocycles. The Morgan fingerprint density at radius 2 is 1.75 bits per heavy atom. The van der Waals surface area contributed by atoms with Gasteiger partial charge >= 0.3 is 0 Å². The van der Waals surface area contributed by atoms with Gasteiger partial charge in [-0.3, -0.25) is 14.2 Å². The zero-order valence-electron chi connectivity index (χ0n) is 17.8. The van der Waals surface area contributed by atoms with Gasteiger partial charge in [-0.15, -0.1) is 0 Å². The maximum atomic E-state index is 13.2. The summed E-state index contributed by atoms with van der Waals surface area (Å²) in [5, 5.41) is 4.62. The first-order chi connectivity index (χ1) is 15.4. The molecule has 162 valence electrons. The van der Waals surface area contributed by atoms with E-state index < -0.39 is 0 Å². The normalized spacial score (nSPS) is 11.0. The van der Waals surface area contributed by atoms with Gasteiger partial charge in [-0.05, 0) is 54.8 Å². The average molecular weight is 464 g/mol. The summed E-state index contributed by atoms with van der Waals surface area (Å²) < 4.78 is 1.60. The van der Waals surface area contributed by atoms with Crippen LogP contribution in [0.4, 0.5) is 5.69 Å². The first-order valence-corrected chi connectivity index (χ1v) is 11.5. The third-order valence-electron chi connectivity index (χ3n) is 5.13. The molecule has 0 fully saturated rings. The predicted octanol–water partition coefficient (Wildman–Crippen LogP) is 5.45. The number of rotatable bonds is 6. The number of carbonyl (C=O) groups excluding carboxylic acids is 1. The lowest BCUT2D eigenvalue weighted by atomic mass is 10.1. The third-order valence-corrected chi connectivity index (χ3v) is 6.35. The van der Waals surface area contributed by atoms with Crippen LogP contribution in [0.3, 0.4) is 0 Å². The number of para-hydroxylation sites is 2. The Kier molecular flexibility index (Phi) is 6.63. The van der Waals surface area contributed by atoms with Crippen molar-refractivity contribution >= 4 is 45.9 Å². The predicted molar refractivity (Wildman–Crippen MR) is 132 cm³/mol. The maximum Gasteiger partial charge on any atom is 0.262 e. The van der Waals surface area contributed by atoms with Crippen LogP contribution in [0.5, 0.6) is 0 Å². The van der Waals surface area contributed by atoms with Gasteiger partial charge in [-0.1, -0.05) is 65.8 Å². The molecule has 1 N–H and O–H groups in total. The lowest BCUT2D eigenvalue weighted by molar-refractivity contribution is -0.113. The number of carbonyl (C=O) groups is 1. The fourth-order valence-electron chi connectivity index (χ4n) is 3.53. The highest BCUT2D eigenvalue weighted by Gasteiger charge is 2.15. The number of nitrogens with one attached hydrogen (secondary N) is 1. The Bertz CT molecular complexity index is 1350. The zero-order chi connectivity index (χ0) is 22.7. The van der Waals surface area contributed by atoms with Crippen LogP contribution in [-0.4, -0.2) is 21.2 Å². The highest BCUT2D eigenvalue weighted by Crippen LogP contribution is 2.22. The summed E-state index contributed by atoms with van der Waals surface area (Å²) in [7, 11) is 0. The summed E-state index contributed by atoms with van der Waals surface area (Å²) >= 11 is 7.38. The topological polar surface area (TPSA) is 64.0 Å². The molecule has 0 unspecified atom stereocenters. The van der Waals surface area contributed by atoms with E-state index in [0.717, 1.165) is 22.4 Å². The van der Waals surface area contributed by atoms with Crippen molar-refractivity contribution in [3.8, 4) is 0 Å². The van der Waals surface area contributed by atoms with E-state index in [1.54, 1.807) is 22.8 Å². The molecule has 32 heavy (non-hydrogen) atoms. The Morgan fingerprint density at radius 1 is 1.03 bits per heavy atom. The van der Waals surface area contributed by atoms with Gasteiger partial charge in [0.1, 0.15) is 0 Å². The first-order valence-electron chi connectivity index (χ1n) is 10.2. The van der Waals surface area contributed by atoms with Gasteiger partial charge in [0.15, 0.2) is 5.16 Å². The quantitative estimate of drug-likeness (QED) is 0.305. The smallest absolute Gasteiger partial charge is 0.262 e. The van der Waals surface area contributed by atoms with Crippen molar-refractivity contribution in [1.29, 1.82) is 0 Å². The zero-order valence-corrected chi connectivity index (χ0v) is 19.3. The van der Waals surface area contributed by atoms with Crippen molar-refractivity contribution in [2.75, 3.05) is 11.1 Å². The molecule has 0 aliphatic heterocycles. The van der Waals surface area contributed by atoms with Crippen molar-refractivity contribution in [1.82, 2.24) is 9.55 Å². The lowest BCUT2D eigenvalue weighted by Crippen LogP contribution is -2.25. The second-order valence-corrected chi connectivity index (χ2v) is 8.92. The van der Waals surface area contributed by atoms with Gasteiger partial charge in [0.2, 0.25) is 5.91 Å². The molecule has 5 nitrogen and oxygen atoms in total. The number of thioether (sulfide) groups is 1. The summed E-state index contributed by atoms with van der Waals surface area (Å²) in [5.74, 6) is -0.0159. The Hall–Kier alpha value is -3.09. The van der Waals surface area contributed by atoms with E-state index in [2.05, 4.69) is 10.3 Å². The molecule has 1 amide bonds. The van der Waals surface area contributed by atoms with Crippen molar-refractivity contribution < 1.29 is 4.79 Å². The molecule has 0 atom stereocenters. The second kappa shape index (κ2) is 9.59. The number of aryl methyl sites for hydroxylation is 2. The summed E-state index contributed by atoms with van der Waals surface area (Å²) in [6.07, 6.45) is 0. The highest BCUT2D eigenvalue weighted by atomic mass is 35.5. The largest absolute Gasteiger partial charge is 0.325 e. The van der Waals surface area contributed by atoms with Crippen LogP contribution in [0.15, 0.2) is 76.7 Å². The van der Waals surface area contributed by atoms with Crippen LogP contribution >= 0.6 is 23.4 Å². The van der Waals surface area contributed by atoms with Crippen LogP contribution in [0.1, 0.15) is 16.7 Å². The molecule has 0 aliphatic rings. The molecule has 0 bridgehead atoms. The molecule has 7 heteroatoms. The number of halogens is 1. The molecule has 1 heterocycles. The molecular formula is C25H22ClN3O2S. The molecule has 0 spiro atoms. The Balaban J connectivity index is 1.63. The van der Waals surface area contributed by atoms with Gasteiger partial charge in [0, 0.05) is 10.7 Å². The summed E-state index contributed by atoms with van der Waals surface area (Å²) in [5.41, 5.74) is 4.18. The second-order valence-electron chi connectivity index (χ2n) is 7.54. The van der Waals surface area contributed by atoms with Crippen LogP contribution in [0.25, 0.3) is 10.9 Å². The van der Waals surface area contributed by atoms with E-state index in [4.69, 9.17) is 11.6 Å². The number of hydrogen-bond donors (Lipinski definition) is 1. The Labute approximate surface area is 195 Å². The molecule has 0 saturated carbocycles. The summed E-state index contributed by atoms with van der Waals surface area (Å²) in [4.78, 5) is 30.6. The van der Waals surface area contributed by atoms with Crippen LogP contribution < -0.4 is 10.9 Å². The number of fused-ring (bicyclic) bond motifs is 1. The molecule has 0 radical (unpaired) electrons. The van der Waals surface area contributed by atoms with Gasteiger partial charge in [-0.2, -0.15) is 0 Å². The fraction of sp³-hybridized carbons (Fsp3) is 0.160. The van der Waals surface area contributed by atoms with E-state index in [0.29, 0.717) is 27.6 Å². The van der Waals surface area contributed by atoms with Gasteiger partial charge in [-0.25, -0.2) is 4.98 Å². The molecule has 0 saturated heterocycles. The number of hydrogen-bond acceptors (Lipinski definition) is 4. The van der Waals surface area contributed by atoms with Gasteiger partial charge in [0.05, 0.1) is 23.2 Å². The fourth-order valence-corrected chi connectivity index (χ4v) is 4.54. The highest BCUT2D eigenvalue weighted by molar-refractivity contribution is 7.99. The molecule has 1 aromatic heterocycles. The van der Waals surface area contributed by atoms with Crippen molar-refractivity contribution in [2.24, 2.45) is 0 Å². The maximum absolute atomic E-state index is 13.2. The number of nitrogens with zero attached hydrogens (tertiary/aromatic N) is 2. The van der Waals surface area contributed by atoms with Gasteiger partial charge < -0.3 is 5.32 Å². The van der Waals surface area contributed by atoms with E-state index in [9.17, 15) is 9.59 Å². The summed E-state index contributed by atoms with van der Waals surface area (Å²) in [6.45, 7) is 4.24. The third kappa shape index (κ3) is 4.87. The van der Waals surface area contributed by atoms with Crippen molar-refractivity contribution in [3.05, 3.63) is 98.8 Å². The average Bonchev–Trinajstić information content (AvgIpc) is 2.77. The number of aromatic nitrogens is 2. The van der Waals surface area contributed by atoms with Crippen molar-refractivity contribution in [2.45, 2.75) is 25.5 Å². The lowest BCUT2D eigenvalue weighted by Gasteiger charge is -2.14. The minimum absolute atomic E-state index is 0.133. The SMILES string of the molecule is Cc1cccc(C)c1NC(=O)CSc1nc2ccccc2c(=O)n1Cc1cccc(Cl)c1. The van der Waals surface area contributed by atoms with E-state index in [1.807, 2.05) is 62.4 Å². The molecule has 4 rings (SSSR count). The van der Waals surface area contributed by atoms with Gasteiger partial charge in [0.25, 0.3) is 5.56 Å². The standard InChI is InChI=1S/C25H22ClN3O2S/c1-16-7-5-8-17(2)23(16)28-22(30)15-32-25-27-21-12-4-3-11-20(21)24(31)29(25)14-18-9-6-10-19(26)13-18/h3-13H,14-15H2,1-2H3,(H,28,30). The first kappa shape index (κ1) is 22.1. The Morgan fingerprint density at radius 3 is 2.50 bits per heavy atom. The van der Waals surface area contributed by atoms with E-state index in [-0.39, 0.29) is 17.2 Å². The number of anilines is 1. The van der Waals surface area contributed by atoms with Crippen LogP contribution in [0, 0.1) is 13.8 Å². The minimum atomic E-state index is -0.149.